The second kappa shape index (κ2) is 5.77. The molecular formula is C25H20O2. The predicted octanol–water partition coefficient (Wildman–Crippen LogP) is 4.85. The van der Waals surface area contributed by atoms with Gasteiger partial charge in [-0.25, -0.2) is 0 Å². The molecule has 1 spiro atoms. The van der Waals surface area contributed by atoms with Crippen LogP contribution in [0.5, 0.6) is 0 Å². The molecule has 1 N–H and O–H groups in total. The van der Waals surface area contributed by atoms with Crippen molar-refractivity contribution in [1.29, 1.82) is 0 Å². The van der Waals surface area contributed by atoms with Crippen LogP contribution in [0.4, 0.5) is 0 Å². The molecular weight excluding hydrogens is 332 g/mol. The highest BCUT2D eigenvalue weighted by atomic mass is 16.3. The van der Waals surface area contributed by atoms with E-state index in [1.54, 1.807) is 0 Å². The van der Waals surface area contributed by atoms with Crippen LogP contribution in [-0.4, -0.2) is 10.9 Å². The zero-order valence-corrected chi connectivity index (χ0v) is 14.9. The highest BCUT2D eigenvalue weighted by Gasteiger charge is 2.71. The van der Waals surface area contributed by atoms with E-state index in [2.05, 4.69) is 0 Å². The number of Topliss-reactive ketones (excluding diaryl/α,β-unsaturated/α-hetero) is 1. The van der Waals surface area contributed by atoms with E-state index in [0.717, 1.165) is 22.3 Å². The topological polar surface area (TPSA) is 37.3 Å². The van der Waals surface area contributed by atoms with Gasteiger partial charge in [-0.3, -0.25) is 4.79 Å². The lowest BCUT2D eigenvalue weighted by Crippen LogP contribution is -2.37. The number of benzene rings is 3. The number of hydrogen-bond acceptors (Lipinski definition) is 2. The Kier molecular flexibility index (Phi) is 3.46. The van der Waals surface area contributed by atoms with Crippen LogP contribution in [0.25, 0.3) is 11.1 Å². The Labute approximate surface area is 158 Å². The second-order valence-electron chi connectivity index (χ2n) is 7.47. The summed E-state index contributed by atoms with van der Waals surface area (Å²) in [5.41, 5.74) is 1.91. The maximum absolute atomic E-state index is 13.6. The van der Waals surface area contributed by atoms with Gasteiger partial charge in [0.15, 0.2) is 5.78 Å². The quantitative estimate of drug-likeness (QED) is 0.732. The molecule has 0 aromatic heterocycles. The summed E-state index contributed by atoms with van der Waals surface area (Å²) in [6.45, 7) is 0. The van der Waals surface area contributed by atoms with Crippen LogP contribution in [0.15, 0.2) is 91.0 Å². The third-order valence-corrected chi connectivity index (χ3v) is 6.03. The molecule has 1 unspecified atom stereocenters. The van der Waals surface area contributed by atoms with Crippen molar-refractivity contribution in [3.8, 4) is 0 Å². The molecule has 2 nitrogen and oxygen atoms in total. The lowest BCUT2D eigenvalue weighted by atomic mass is 9.75. The van der Waals surface area contributed by atoms with Gasteiger partial charge < -0.3 is 5.11 Å². The van der Waals surface area contributed by atoms with Crippen molar-refractivity contribution >= 4 is 16.9 Å². The van der Waals surface area contributed by atoms with Crippen LogP contribution in [0.3, 0.4) is 0 Å². The number of rotatable bonds is 3. The van der Waals surface area contributed by atoms with Crippen molar-refractivity contribution in [1.82, 2.24) is 0 Å². The zero-order valence-electron chi connectivity index (χ0n) is 14.9. The van der Waals surface area contributed by atoms with Gasteiger partial charge in [0.1, 0.15) is 5.60 Å². The first-order valence-electron chi connectivity index (χ1n) is 9.37. The summed E-state index contributed by atoms with van der Waals surface area (Å²) in [6.07, 6.45) is 1.42. The van der Waals surface area contributed by atoms with Gasteiger partial charge in [-0.15, -0.1) is 0 Å². The van der Waals surface area contributed by atoms with Gasteiger partial charge in [-0.1, -0.05) is 91.0 Å². The molecule has 3 aromatic carbocycles. The second-order valence-corrected chi connectivity index (χ2v) is 7.47. The summed E-state index contributed by atoms with van der Waals surface area (Å²) in [7, 11) is 0. The molecule has 0 bridgehead atoms. The fourth-order valence-corrected chi connectivity index (χ4v) is 4.59. The first kappa shape index (κ1) is 16.2. The average Bonchev–Trinajstić information content (AvgIpc) is 3.52. The minimum absolute atomic E-state index is 0.0684. The largest absolute Gasteiger partial charge is 0.379 e. The first-order valence-corrected chi connectivity index (χ1v) is 9.37. The van der Waals surface area contributed by atoms with Crippen LogP contribution >= 0.6 is 0 Å². The van der Waals surface area contributed by atoms with E-state index in [1.165, 1.54) is 0 Å². The molecule has 1 saturated carbocycles. The van der Waals surface area contributed by atoms with Gasteiger partial charge in [-0.2, -0.15) is 0 Å². The van der Waals surface area contributed by atoms with Gasteiger partial charge in [-0.05, 0) is 29.5 Å². The summed E-state index contributed by atoms with van der Waals surface area (Å²) in [4.78, 5) is 13.6. The average molecular weight is 352 g/mol. The summed E-state index contributed by atoms with van der Waals surface area (Å²) < 4.78 is 0. The van der Waals surface area contributed by atoms with Gasteiger partial charge in [0, 0.05) is 11.1 Å². The molecule has 0 heterocycles. The van der Waals surface area contributed by atoms with Crippen molar-refractivity contribution in [3.63, 3.8) is 0 Å². The molecule has 27 heavy (non-hydrogen) atoms. The third kappa shape index (κ3) is 2.14. The van der Waals surface area contributed by atoms with Crippen LogP contribution in [0.2, 0.25) is 0 Å². The molecule has 5 rings (SSSR count). The molecule has 132 valence electrons. The van der Waals surface area contributed by atoms with Crippen LogP contribution in [0, 0.1) is 5.41 Å². The molecule has 2 heteroatoms. The highest BCUT2D eigenvalue weighted by Crippen LogP contribution is 2.70. The number of allylic oxidation sites excluding steroid dienone is 1. The third-order valence-electron chi connectivity index (χ3n) is 6.03. The number of ketones is 1. The Morgan fingerprint density at radius 3 is 1.67 bits per heavy atom. The highest BCUT2D eigenvalue weighted by molar-refractivity contribution is 6.36. The van der Waals surface area contributed by atoms with Crippen LogP contribution in [-0.2, 0) is 10.4 Å². The number of hydrogen-bond donors (Lipinski definition) is 1. The van der Waals surface area contributed by atoms with Crippen molar-refractivity contribution in [2.75, 3.05) is 0 Å². The van der Waals surface area contributed by atoms with Gasteiger partial charge in [0.05, 0.1) is 5.41 Å². The fraction of sp³-hybridized carbons (Fsp3) is 0.160. The molecule has 0 radical (unpaired) electrons. The predicted molar refractivity (Wildman–Crippen MR) is 107 cm³/mol. The summed E-state index contributed by atoms with van der Waals surface area (Å²) in [5, 5.41) is 12.2. The standard InChI is InChI=1S/C25H20O2/c26-23-21(18-10-4-1-5-11-18)22(19-12-6-2-7-13-19)25(27,24(23)16-17-24)20-14-8-3-9-15-20/h1-15,27H,16-17H2. The Morgan fingerprint density at radius 1 is 0.667 bits per heavy atom. The minimum atomic E-state index is -1.31. The number of carbonyl (C=O) groups excluding carboxylic acids is 1. The molecule has 2 aliphatic rings. The fourth-order valence-electron chi connectivity index (χ4n) is 4.59. The maximum Gasteiger partial charge on any atom is 0.173 e. The first-order chi connectivity index (χ1) is 13.2. The lowest BCUT2D eigenvalue weighted by Gasteiger charge is -2.33. The van der Waals surface area contributed by atoms with Crippen molar-refractivity contribution in [2.24, 2.45) is 5.41 Å². The molecule has 3 aromatic rings. The van der Waals surface area contributed by atoms with Gasteiger partial charge in [0.25, 0.3) is 0 Å². The number of carbonyl (C=O) groups is 1. The molecule has 0 aliphatic heterocycles. The SMILES string of the molecule is O=C1C(c2ccccc2)=C(c2ccccc2)C(O)(c2ccccc2)C12CC2. The summed E-state index contributed by atoms with van der Waals surface area (Å²) in [6, 6.07) is 29.3. The zero-order chi connectivity index (χ0) is 18.5. The Hall–Kier alpha value is -2.97. The summed E-state index contributed by atoms with van der Waals surface area (Å²) >= 11 is 0. The Bertz CT molecular complexity index is 1030. The molecule has 1 atom stereocenters. The monoisotopic (exact) mass is 352 g/mol. The Balaban J connectivity index is 1.87. The van der Waals surface area contributed by atoms with E-state index >= 15 is 0 Å². The van der Waals surface area contributed by atoms with Crippen LogP contribution < -0.4 is 0 Å². The van der Waals surface area contributed by atoms with E-state index in [1.807, 2.05) is 91.0 Å². The van der Waals surface area contributed by atoms with Crippen molar-refractivity contribution in [2.45, 2.75) is 18.4 Å². The molecule has 0 saturated heterocycles. The van der Waals surface area contributed by atoms with E-state index in [-0.39, 0.29) is 5.78 Å². The Morgan fingerprint density at radius 2 is 1.15 bits per heavy atom. The summed E-state index contributed by atoms with van der Waals surface area (Å²) in [5.74, 6) is 0.0684. The molecule has 1 fully saturated rings. The minimum Gasteiger partial charge on any atom is -0.379 e. The smallest absolute Gasteiger partial charge is 0.173 e. The van der Waals surface area contributed by atoms with Crippen molar-refractivity contribution < 1.29 is 9.90 Å². The van der Waals surface area contributed by atoms with Gasteiger partial charge >= 0.3 is 0 Å². The van der Waals surface area contributed by atoms with Crippen molar-refractivity contribution in [3.05, 3.63) is 108 Å². The van der Waals surface area contributed by atoms with E-state index < -0.39 is 11.0 Å². The van der Waals surface area contributed by atoms with E-state index in [0.29, 0.717) is 18.4 Å². The molecule has 2 aliphatic carbocycles. The number of aliphatic hydroxyl groups is 1. The maximum atomic E-state index is 13.6. The lowest BCUT2D eigenvalue weighted by molar-refractivity contribution is -0.124. The molecule has 0 amide bonds. The van der Waals surface area contributed by atoms with E-state index in [9.17, 15) is 9.90 Å². The van der Waals surface area contributed by atoms with Gasteiger partial charge in [0.2, 0.25) is 0 Å². The van der Waals surface area contributed by atoms with E-state index in [4.69, 9.17) is 0 Å². The normalized spacial score (nSPS) is 23.1. The van der Waals surface area contributed by atoms with Crippen LogP contribution in [0.1, 0.15) is 29.5 Å².